The molecule has 20 heavy (non-hydrogen) atoms. The van der Waals surface area contributed by atoms with E-state index < -0.39 is 22.6 Å². The number of sulfone groups is 1. The zero-order chi connectivity index (χ0) is 15.2. The second-order valence-corrected chi connectivity index (χ2v) is 6.24. The van der Waals surface area contributed by atoms with E-state index in [1.54, 1.807) is 18.2 Å². The van der Waals surface area contributed by atoms with Gasteiger partial charge in [-0.1, -0.05) is 19.1 Å². The van der Waals surface area contributed by atoms with E-state index in [0.717, 1.165) is 0 Å². The molecule has 0 atom stereocenters. The first-order valence-corrected chi connectivity index (χ1v) is 7.61. The van der Waals surface area contributed by atoms with Gasteiger partial charge in [-0.15, -0.1) is 0 Å². The van der Waals surface area contributed by atoms with E-state index in [-0.39, 0.29) is 23.8 Å². The van der Waals surface area contributed by atoms with Crippen LogP contribution in [0, 0.1) is 0 Å². The van der Waals surface area contributed by atoms with Gasteiger partial charge in [0, 0.05) is 6.54 Å². The van der Waals surface area contributed by atoms with Crippen LogP contribution in [0.25, 0.3) is 0 Å². The molecule has 0 aliphatic carbocycles. The van der Waals surface area contributed by atoms with Crippen LogP contribution in [-0.2, 0) is 14.6 Å². The maximum absolute atomic E-state index is 11.8. The first-order chi connectivity index (χ1) is 9.26. The molecule has 8 heteroatoms. The molecule has 1 aromatic carbocycles. The first kappa shape index (κ1) is 16.8. The number of ether oxygens (including phenoxy) is 1. The van der Waals surface area contributed by atoms with Crippen molar-refractivity contribution in [1.82, 2.24) is 0 Å². The summed E-state index contributed by atoms with van der Waals surface area (Å²) >= 11 is 0. The van der Waals surface area contributed by atoms with Gasteiger partial charge < -0.3 is 10.1 Å². The highest BCUT2D eigenvalue weighted by molar-refractivity contribution is 7.91. The fourth-order valence-electron chi connectivity index (χ4n) is 1.49. The van der Waals surface area contributed by atoms with Crippen molar-refractivity contribution in [2.24, 2.45) is 0 Å². The number of nitrogens with one attached hydrogen (secondary N) is 1. The third-order valence-corrected chi connectivity index (χ3v) is 4.22. The summed E-state index contributed by atoms with van der Waals surface area (Å²) in [7, 11) is -3.38. The highest BCUT2D eigenvalue weighted by Crippen LogP contribution is 2.21. The lowest BCUT2D eigenvalue weighted by Crippen LogP contribution is -2.20. The van der Waals surface area contributed by atoms with Gasteiger partial charge in [-0.2, -0.15) is 13.2 Å². The molecule has 1 rings (SSSR count). The Balaban J connectivity index is 2.57. The second kappa shape index (κ2) is 6.94. The lowest BCUT2D eigenvalue weighted by Gasteiger charge is -2.12. The zero-order valence-electron chi connectivity index (χ0n) is 10.9. The molecule has 0 heterocycles. The fraction of sp³-hybridized carbons (Fsp3) is 0.500. The Labute approximate surface area is 115 Å². The van der Waals surface area contributed by atoms with E-state index in [0.29, 0.717) is 5.69 Å². The molecule has 0 aliphatic rings. The van der Waals surface area contributed by atoms with Crippen molar-refractivity contribution in [3.05, 3.63) is 24.3 Å². The molecule has 1 aromatic rings. The standard InChI is InChI=1S/C12H16F3NO3S/c1-2-20(17,18)11-6-4-3-5-10(11)16-7-8-19-9-12(13,14)15/h3-6,16H,2,7-9H2,1H3. The molecule has 0 saturated heterocycles. The van der Waals surface area contributed by atoms with E-state index in [1.165, 1.54) is 13.0 Å². The third-order valence-electron chi connectivity index (χ3n) is 2.43. The second-order valence-electron chi connectivity index (χ2n) is 3.99. The summed E-state index contributed by atoms with van der Waals surface area (Å²) in [5, 5.41) is 2.77. The van der Waals surface area contributed by atoms with Crippen LogP contribution in [0.4, 0.5) is 18.9 Å². The fourth-order valence-corrected chi connectivity index (χ4v) is 2.56. The van der Waals surface area contributed by atoms with Crippen LogP contribution >= 0.6 is 0 Å². The van der Waals surface area contributed by atoms with Crippen molar-refractivity contribution in [3.63, 3.8) is 0 Å². The Bertz CT molecular complexity index is 529. The van der Waals surface area contributed by atoms with Gasteiger partial charge in [0.15, 0.2) is 9.84 Å². The summed E-state index contributed by atoms with van der Waals surface area (Å²) in [5.41, 5.74) is 0.366. The topological polar surface area (TPSA) is 55.4 Å². The molecule has 0 aliphatic heterocycles. The minimum atomic E-state index is -4.36. The SMILES string of the molecule is CCS(=O)(=O)c1ccccc1NCCOCC(F)(F)F. The molecule has 0 amide bonds. The van der Waals surface area contributed by atoms with Crippen molar-refractivity contribution in [2.75, 3.05) is 30.8 Å². The smallest absolute Gasteiger partial charge is 0.382 e. The van der Waals surface area contributed by atoms with Crippen LogP contribution in [0.15, 0.2) is 29.2 Å². The molecule has 114 valence electrons. The van der Waals surface area contributed by atoms with Crippen molar-refractivity contribution in [3.8, 4) is 0 Å². The Morgan fingerprint density at radius 1 is 1.25 bits per heavy atom. The number of halogens is 3. The van der Waals surface area contributed by atoms with Crippen LogP contribution in [0.5, 0.6) is 0 Å². The molecule has 0 spiro atoms. The van der Waals surface area contributed by atoms with Gasteiger partial charge in [0.25, 0.3) is 0 Å². The molecule has 0 saturated carbocycles. The lowest BCUT2D eigenvalue weighted by atomic mass is 10.3. The molecular formula is C12H16F3NO3S. The summed E-state index contributed by atoms with van der Waals surface area (Å²) in [6, 6.07) is 6.26. The molecule has 1 N–H and O–H groups in total. The summed E-state index contributed by atoms with van der Waals surface area (Å²) in [5.74, 6) is -0.0454. The molecule has 0 unspecified atom stereocenters. The minimum Gasteiger partial charge on any atom is -0.382 e. The van der Waals surface area contributed by atoms with Gasteiger partial charge in [-0.05, 0) is 12.1 Å². The van der Waals surface area contributed by atoms with Crippen LogP contribution in [-0.4, -0.2) is 40.1 Å². The van der Waals surface area contributed by atoms with E-state index in [2.05, 4.69) is 10.1 Å². The Morgan fingerprint density at radius 2 is 1.90 bits per heavy atom. The number of rotatable bonds is 7. The van der Waals surface area contributed by atoms with Crippen LogP contribution in [0.1, 0.15) is 6.92 Å². The monoisotopic (exact) mass is 311 g/mol. The Morgan fingerprint density at radius 3 is 2.50 bits per heavy atom. The van der Waals surface area contributed by atoms with Gasteiger partial charge in [-0.25, -0.2) is 8.42 Å². The highest BCUT2D eigenvalue weighted by atomic mass is 32.2. The van der Waals surface area contributed by atoms with Crippen molar-refractivity contribution >= 4 is 15.5 Å². The molecule has 0 fully saturated rings. The molecule has 4 nitrogen and oxygen atoms in total. The molecule has 0 radical (unpaired) electrons. The number of hydrogen-bond acceptors (Lipinski definition) is 4. The number of alkyl halides is 3. The van der Waals surface area contributed by atoms with Gasteiger partial charge >= 0.3 is 6.18 Å². The average molecular weight is 311 g/mol. The van der Waals surface area contributed by atoms with Crippen molar-refractivity contribution < 1.29 is 26.3 Å². The van der Waals surface area contributed by atoms with Crippen LogP contribution < -0.4 is 5.32 Å². The Hall–Kier alpha value is -1.28. The van der Waals surface area contributed by atoms with Crippen molar-refractivity contribution in [1.29, 1.82) is 0 Å². The number of para-hydroxylation sites is 1. The average Bonchev–Trinajstić information content (AvgIpc) is 2.37. The van der Waals surface area contributed by atoms with Crippen molar-refractivity contribution in [2.45, 2.75) is 18.0 Å². The van der Waals surface area contributed by atoms with Crippen LogP contribution in [0.2, 0.25) is 0 Å². The van der Waals surface area contributed by atoms with Gasteiger partial charge in [0.2, 0.25) is 0 Å². The normalized spacial score (nSPS) is 12.4. The lowest BCUT2D eigenvalue weighted by molar-refractivity contribution is -0.172. The third kappa shape index (κ3) is 5.38. The molecule has 0 aromatic heterocycles. The van der Waals surface area contributed by atoms with Gasteiger partial charge in [-0.3, -0.25) is 0 Å². The summed E-state index contributed by atoms with van der Waals surface area (Å²) in [4.78, 5) is 0.137. The number of anilines is 1. The quantitative estimate of drug-likeness (QED) is 0.786. The largest absolute Gasteiger partial charge is 0.411 e. The first-order valence-electron chi connectivity index (χ1n) is 5.96. The van der Waals surface area contributed by atoms with Crippen LogP contribution in [0.3, 0.4) is 0 Å². The van der Waals surface area contributed by atoms with E-state index >= 15 is 0 Å². The number of hydrogen-bond donors (Lipinski definition) is 1. The summed E-state index contributed by atoms with van der Waals surface area (Å²) in [6.07, 6.45) is -4.36. The molecule has 0 bridgehead atoms. The van der Waals surface area contributed by atoms with E-state index in [1.807, 2.05) is 0 Å². The summed E-state index contributed by atoms with van der Waals surface area (Å²) < 4.78 is 63.6. The zero-order valence-corrected chi connectivity index (χ0v) is 11.7. The number of benzene rings is 1. The van der Waals surface area contributed by atoms with E-state index in [4.69, 9.17) is 0 Å². The maximum atomic E-state index is 11.8. The predicted octanol–water partition coefficient (Wildman–Crippen LogP) is 2.47. The highest BCUT2D eigenvalue weighted by Gasteiger charge is 2.27. The molecular weight excluding hydrogens is 295 g/mol. The van der Waals surface area contributed by atoms with Gasteiger partial charge in [0.1, 0.15) is 6.61 Å². The summed E-state index contributed by atoms with van der Waals surface area (Å²) in [6.45, 7) is 0.133. The van der Waals surface area contributed by atoms with E-state index in [9.17, 15) is 21.6 Å². The van der Waals surface area contributed by atoms with Gasteiger partial charge in [0.05, 0.1) is 22.9 Å². The minimum absolute atomic E-state index is 0.0454. The predicted molar refractivity (Wildman–Crippen MR) is 69.5 cm³/mol. The Kier molecular flexibility index (Phi) is 5.82. The maximum Gasteiger partial charge on any atom is 0.411 e.